The zero-order valence-electron chi connectivity index (χ0n) is 8.49. The lowest BCUT2D eigenvalue weighted by molar-refractivity contribution is 0.312. The molecule has 0 saturated carbocycles. The smallest absolute Gasteiger partial charge is 0.221 e. The highest BCUT2D eigenvalue weighted by molar-refractivity contribution is 5.85. The Labute approximate surface area is 89.9 Å². The number of hydrogen-bond donors (Lipinski definition) is 1. The monoisotopic (exact) mass is 217 g/mol. The summed E-state index contributed by atoms with van der Waals surface area (Å²) in [5.74, 6) is 1.85. The minimum Gasteiger partial charge on any atom is -0.425 e. The largest absolute Gasteiger partial charge is 0.425 e. The van der Waals surface area contributed by atoms with Crippen LogP contribution in [0.2, 0.25) is 0 Å². The Hall–Kier alpha value is -0.610. The van der Waals surface area contributed by atoms with Crippen LogP contribution in [0.3, 0.4) is 0 Å². The zero-order valence-corrected chi connectivity index (χ0v) is 9.30. The molecule has 1 aromatic heterocycles. The third-order valence-corrected chi connectivity index (χ3v) is 2.62. The maximum atomic E-state index is 5.43. The number of nitrogens with zero attached hydrogens (tertiary/aromatic N) is 2. The highest BCUT2D eigenvalue weighted by Crippen LogP contribution is 2.26. The van der Waals surface area contributed by atoms with Crippen molar-refractivity contribution in [3.63, 3.8) is 0 Å². The highest BCUT2D eigenvalue weighted by Gasteiger charge is 2.26. The van der Waals surface area contributed by atoms with E-state index in [4.69, 9.17) is 4.42 Å². The van der Waals surface area contributed by atoms with Crippen LogP contribution in [0.15, 0.2) is 4.42 Å². The lowest BCUT2D eigenvalue weighted by Crippen LogP contribution is -2.37. The van der Waals surface area contributed by atoms with E-state index < -0.39 is 0 Å². The second-order valence-electron chi connectivity index (χ2n) is 3.65. The minimum atomic E-state index is 0. The predicted molar refractivity (Wildman–Crippen MR) is 55.7 cm³/mol. The third-order valence-electron chi connectivity index (χ3n) is 2.62. The quantitative estimate of drug-likeness (QED) is 0.778. The van der Waals surface area contributed by atoms with Gasteiger partial charge in [0.1, 0.15) is 0 Å². The van der Waals surface area contributed by atoms with Gasteiger partial charge in [0.25, 0.3) is 0 Å². The summed E-state index contributed by atoms with van der Waals surface area (Å²) in [6.45, 7) is 5.10. The highest BCUT2D eigenvalue weighted by atomic mass is 35.5. The number of piperidine rings is 1. The molecule has 1 aliphatic rings. The molecule has 0 amide bonds. The SMILES string of the molecule is Cc1nnc([C@H]2CCCN[C@H]2C)o1.Cl. The number of aryl methyl sites for hydroxylation is 1. The van der Waals surface area contributed by atoms with Crippen LogP contribution in [0.1, 0.15) is 37.5 Å². The first-order chi connectivity index (χ1) is 6.27. The molecule has 0 aliphatic carbocycles. The van der Waals surface area contributed by atoms with E-state index in [0.29, 0.717) is 17.9 Å². The maximum absolute atomic E-state index is 5.43. The molecule has 14 heavy (non-hydrogen) atoms. The molecule has 80 valence electrons. The summed E-state index contributed by atoms with van der Waals surface area (Å²) in [5, 5.41) is 11.3. The van der Waals surface area contributed by atoms with Crippen molar-refractivity contribution in [3.05, 3.63) is 11.8 Å². The topological polar surface area (TPSA) is 51.0 Å². The minimum absolute atomic E-state index is 0. The number of aromatic nitrogens is 2. The van der Waals surface area contributed by atoms with Crippen molar-refractivity contribution in [1.82, 2.24) is 15.5 Å². The van der Waals surface area contributed by atoms with Gasteiger partial charge in [0, 0.05) is 13.0 Å². The molecule has 1 fully saturated rings. The standard InChI is InChI=1S/C9H15N3O.ClH/c1-6-8(4-3-5-10-6)9-12-11-7(2)13-9;/h6,8,10H,3-5H2,1-2H3;1H/t6-,8-;/m0./s1. The van der Waals surface area contributed by atoms with Crippen LogP contribution in [0.5, 0.6) is 0 Å². The van der Waals surface area contributed by atoms with E-state index in [1.165, 1.54) is 6.42 Å². The molecular weight excluding hydrogens is 202 g/mol. The molecule has 0 spiro atoms. The van der Waals surface area contributed by atoms with Crippen LogP contribution >= 0.6 is 12.4 Å². The molecule has 5 heteroatoms. The van der Waals surface area contributed by atoms with E-state index in [0.717, 1.165) is 18.9 Å². The van der Waals surface area contributed by atoms with Crippen molar-refractivity contribution in [1.29, 1.82) is 0 Å². The fourth-order valence-electron chi connectivity index (χ4n) is 1.84. The molecule has 1 N–H and O–H groups in total. The molecule has 4 nitrogen and oxygen atoms in total. The van der Waals surface area contributed by atoms with Crippen molar-refractivity contribution in [2.45, 2.75) is 38.6 Å². The third kappa shape index (κ3) is 2.25. The molecule has 0 unspecified atom stereocenters. The summed E-state index contributed by atoms with van der Waals surface area (Å²) in [5.41, 5.74) is 0. The lowest BCUT2D eigenvalue weighted by Gasteiger charge is -2.26. The molecule has 0 radical (unpaired) electrons. The number of rotatable bonds is 1. The second kappa shape index (κ2) is 4.75. The molecule has 0 bridgehead atoms. The Bertz CT molecular complexity index is 289. The average molecular weight is 218 g/mol. The van der Waals surface area contributed by atoms with Crippen LogP contribution in [-0.2, 0) is 0 Å². The van der Waals surface area contributed by atoms with Gasteiger partial charge in [-0.15, -0.1) is 22.6 Å². The zero-order chi connectivity index (χ0) is 9.26. The Morgan fingerprint density at radius 1 is 1.43 bits per heavy atom. The van der Waals surface area contributed by atoms with Crippen molar-refractivity contribution in [3.8, 4) is 0 Å². The van der Waals surface area contributed by atoms with E-state index in [9.17, 15) is 0 Å². The summed E-state index contributed by atoms with van der Waals surface area (Å²) >= 11 is 0. The van der Waals surface area contributed by atoms with Crippen LogP contribution in [0.4, 0.5) is 0 Å². The van der Waals surface area contributed by atoms with Gasteiger partial charge in [-0.05, 0) is 26.3 Å². The molecule has 1 aromatic rings. The summed E-state index contributed by atoms with van der Waals surface area (Å²) in [6.07, 6.45) is 2.34. The van der Waals surface area contributed by atoms with Gasteiger partial charge in [-0.25, -0.2) is 0 Å². The summed E-state index contributed by atoms with van der Waals surface area (Å²) in [7, 11) is 0. The van der Waals surface area contributed by atoms with Crippen LogP contribution < -0.4 is 5.32 Å². The first-order valence-electron chi connectivity index (χ1n) is 4.81. The molecular formula is C9H16ClN3O. The Morgan fingerprint density at radius 2 is 2.21 bits per heavy atom. The lowest BCUT2D eigenvalue weighted by atomic mass is 9.92. The maximum Gasteiger partial charge on any atom is 0.221 e. The van der Waals surface area contributed by atoms with E-state index in [-0.39, 0.29) is 12.4 Å². The van der Waals surface area contributed by atoms with E-state index in [1.807, 2.05) is 6.92 Å². The van der Waals surface area contributed by atoms with Gasteiger partial charge >= 0.3 is 0 Å². The molecule has 1 saturated heterocycles. The Kier molecular flexibility index (Phi) is 3.89. The van der Waals surface area contributed by atoms with Gasteiger partial charge in [-0.1, -0.05) is 0 Å². The first kappa shape index (κ1) is 11.5. The van der Waals surface area contributed by atoms with E-state index >= 15 is 0 Å². The summed E-state index contributed by atoms with van der Waals surface area (Å²) in [4.78, 5) is 0. The number of halogens is 1. The van der Waals surface area contributed by atoms with Crippen LogP contribution in [-0.4, -0.2) is 22.8 Å². The Balaban J connectivity index is 0.000000980. The predicted octanol–water partition coefficient (Wildman–Crippen LogP) is 1.66. The molecule has 1 aliphatic heterocycles. The van der Waals surface area contributed by atoms with Gasteiger partial charge < -0.3 is 9.73 Å². The number of hydrogen-bond acceptors (Lipinski definition) is 4. The molecule has 2 atom stereocenters. The molecule has 0 aromatic carbocycles. The molecule has 2 heterocycles. The van der Waals surface area contributed by atoms with Crippen molar-refractivity contribution in [2.75, 3.05) is 6.54 Å². The van der Waals surface area contributed by atoms with Gasteiger partial charge in [-0.3, -0.25) is 0 Å². The van der Waals surface area contributed by atoms with Crippen LogP contribution in [0.25, 0.3) is 0 Å². The van der Waals surface area contributed by atoms with Gasteiger partial charge in [0.05, 0.1) is 5.92 Å². The average Bonchev–Trinajstić information content (AvgIpc) is 2.53. The van der Waals surface area contributed by atoms with Crippen molar-refractivity contribution in [2.24, 2.45) is 0 Å². The molecule has 2 rings (SSSR count). The van der Waals surface area contributed by atoms with Gasteiger partial charge in [0.2, 0.25) is 11.8 Å². The van der Waals surface area contributed by atoms with Gasteiger partial charge in [-0.2, -0.15) is 0 Å². The fourth-order valence-corrected chi connectivity index (χ4v) is 1.84. The summed E-state index contributed by atoms with van der Waals surface area (Å²) < 4.78 is 5.43. The van der Waals surface area contributed by atoms with Gasteiger partial charge in [0.15, 0.2) is 0 Å². The Morgan fingerprint density at radius 3 is 2.79 bits per heavy atom. The van der Waals surface area contributed by atoms with E-state index in [1.54, 1.807) is 0 Å². The summed E-state index contributed by atoms with van der Waals surface area (Å²) in [6, 6.07) is 0.452. The number of nitrogens with one attached hydrogen (secondary N) is 1. The first-order valence-corrected chi connectivity index (χ1v) is 4.81. The second-order valence-corrected chi connectivity index (χ2v) is 3.65. The van der Waals surface area contributed by atoms with Crippen LogP contribution in [0, 0.1) is 6.92 Å². The van der Waals surface area contributed by atoms with E-state index in [2.05, 4.69) is 22.4 Å². The van der Waals surface area contributed by atoms with Crippen molar-refractivity contribution < 1.29 is 4.42 Å². The fraction of sp³-hybridized carbons (Fsp3) is 0.778. The normalized spacial score (nSPS) is 27.0. The van der Waals surface area contributed by atoms with Crippen molar-refractivity contribution >= 4 is 12.4 Å².